The van der Waals surface area contributed by atoms with Crippen LogP contribution in [-0.4, -0.2) is 47.9 Å². The van der Waals surface area contributed by atoms with Crippen LogP contribution >= 0.6 is 0 Å². The summed E-state index contributed by atoms with van der Waals surface area (Å²) >= 11 is 0. The quantitative estimate of drug-likeness (QED) is 0.679. The molecule has 1 heterocycles. The normalized spacial score (nSPS) is 12.0. The van der Waals surface area contributed by atoms with Gasteiger partial charge in [0.2, 0.25) is 11.9 Å². The van der Waals surface area contributed by atoms with Crippen molar-refractivity contribution in [1.82, 2.24) is 15.0 Å². The summed E-state index contributed by atoms with van der Waals surface area (Å²) in [5, 5.41) is 6.34. The van der Waals surface area contributed by atoms with E-state index in [1.54, 1.807) is 7.11 Å². The maximum absolute atomic E-state index is 5.36. The van der Waals surface area contributed by atoms with E-state index in [-0.39, 0.29) is 6.04 Å². The summed E-state index contributed by atoms with van der Waals surface area (Å²) in [6.07, 6.45) is 2.05. The van der Waals surface area contributed by atoms with Gasteiger partial charge in [-0.25, -0.2) is 0 Å². The smallest absolute Gasteiger partial charge is 0.323 e. The van der Waals surface area contributed by atoms with Gasteiger partial charge in [0.05, 0.1) is 19.3 Å². The fourth-order valence-corrected chi connectivity index (χ4v) is 1.78. The zero-order valence-electron chi connectivity index (χ0n) is 12.8. The molecule has 0 aliphatic heterocycles. The van der Waals surface area contributed by atoms with Crippen LogP contribution in [0.5, 0.6) is 6.01 Å². The minimum Gasteiger partial charge on any atom is -0.464 e. The third-order valence-electron chi connectivity index (χ3n) is 2.56. The van der Waals surface area contributed by atoms with Gasteiger partial charge in [-0.05, 0) is 20.3 Å². The number of anilines is 2. The minimum atomic E-state index is 0.177. The lowest BCUT2D eigenvalue weighted by molar-refractivity contribution is 0.182. The lowest BCUT2D eigenvalue weighted by Crippen LogP contribution is -2.26. The molecule has 20 heavy (non-hydrogen) atoms. The van der Waals surface area contributed by atoms with Gasteiger partial charge in [-0.1, -0.05) is 13.3 Å². The first-order valence-electron chi connectivity index (χ1n) is 7.11. The second-order valence-corrected chi connectivity index (χ2v) is 4.31. The molecule has 1 rings (SSSR count). The summed E-state index contributed by atoms with van der Waals surface area (Å²) < 4.78 is 10.6. The van der Waals surface area contributed by atoms with Crippen LogP contribution in [-0.2, 0) is 4.74 Å². The second kappa shape index (κ2) is 9.30. The van der Waals surface area contributed by atoms with E-state index in [0.29, 0.717) is 31.1 Å². The molecule has 0 spiro atoms. The standard InChI is InChI=1S/C13H25N5O2/c1-5-8-10(9-19-4)15-12-16-11(14-6-2)17-13(18-12)20-7-3/h10H,5-9H2,1-4H3,(H2,14,15,16,17,18). The van der Waals surface area contributed by atoms with Crippen LogP contribution < -0.4 is 15.4 Å². The zero-order valence-corrected chi connectivity index (χ0v) is 12.8. The van der Waals surface area contributed by atoms with Crippen LogP contribution in [0.25, 0.3) is 0 Å². The van der Waals surface area contributed by atoms with E-state index in [1.165, 1.54) is 0 Å². The van der Waals surface area contributed by atoms with E-state index in [0.717, 1.165) is 19.4 Å². The van der Waals surface area contributed by atoms with E-state index in [1.807, 2.05) is 13.8 Å². The third-order valence-corrected chi connectivity index (χ3v) is 2.56. The number of hydrogen-bond donors (Lipinski definition) is 2. The maximum Gasteiger partial charge on any atom is 0.323 e. The summed E-state index contributed by atoms with van der Waals surface area (Å²) in [7, 11) is 1.69. The van der Waals surface area contributed by atoms with Crippen molar-refractivity contribution in [2.75, 3.05) is 37.5 Å². The van der Waals surface area contributed by atoms with Gasteiger partial charge in [0, 0.05) is 13.7 Å². The summed E-state index contributed by atoms with van der Waals surface area (Å²) in [5.74, 6) is 1.02. The molecule has 1 aromatic heterocycles. The number of hydrogen-bond acceptors (Lipinski definition) is 7. The number of rotatable bonds is 10. The van der Waals surface area contributed by atoms with Gasteiger partial charge < -0.3 is 20.1 Å². The van der Waals surface area contributed by atoms with Crippen LogP contribution in [0, 0.1) is 0 Å². The molecule has 0 aliphatic carbocycles. The van der Waals surface area contributed by atoms with Gasteiger partial charge in [-0.3, -0.25) is 0 Å². The first kappa shape index (κ1) is 16.4. The fraction of sp³-hybridized carbons (Fsp3) is 0.769. The van der Waals surface area contributed by atoms with E-state index >= 15 is 0 Å². The molecule has 0 fully saturated rings. The summed E-state index contributed by atoms with van der Waals surface area (Å²) in [4.78, 5) is 12.8. The third kappa shape index (κ3) is 5.56. The van der Waals surface area contributed by atoms with Crippen molar-refractivity contribution < 1.29 is 9.47 Å². The number of nitrogens with zero attached hydrogens (tertiary/aromatic N) is 3. The Morgan fingerprint density at radius 1 is 1.10 bits per heavy atom. The van der Waals surface area contributed by atoms with Crippen LogP contribution in [0.1, 0.15) is 33.6 Å². The van der Waals surface area contributed by atoms with Crippen LogP contribution in [0.4, 0.5) is 11.9 Å². The molecule has 0 radical (unpaired) electrons. The molecule has 7 nitrogen and oxygen atoms in total. The van der Waals surface area contributed by atoms with Gasteiger partial charge in [0.1, 0.15) is 0 Å². The van der Waals surface area contributed by atoms with Crippen molar-refractivity contribution in [3.05, 3.63) is 0 Å². The molecule has 114 valence electrons. The highest BCUT2D eigenvalue weighted by molar-refractivity contribution is 5.36. The Hall–Kier alpha value is -1.63. The number of ether oxygens (including phenoxy) is 2. The minimum absolute atomic E-state index is 0.177. The average Bonchev–Trinajstić information content (AvgIpc) is 2.40. The topological polar surface area (TPSA) is 81.2 Å². The molecule has 0 aliphatic rings. The Labute approximate surface area is 120 Å². The molecule has 7 heteroatoms. The highest BCUT2D eigenvalue weighted by Crippen LogP contribution is 2.13. The second-order valence-electron chi connectivity index (χ2n) is 4.31. The van der Waals surface area contributed by atoms with Crippen LogP contribution in [0.15, 0.2) is 0 Å². The first-order chi connectivity index (χ1) is 9.73. The van der Waals surface area contributed by atoms with E-state index in [4.69, 9.17) is 9.47 Å². The van der Waals surface area contributed by atoms with Crippen molar-refractivity contribution in [1.29, 1.82) is 0 Å². The predicted octanol–water partition coefficient (Wildman–Crippen LogP) is 1.93. The lowest BCUT2D eigenvalue weighted by Gasteiger charge is -2.17. The SMILES string of the molecule is CCCC(COC)Nc1nc(NCC)nc(OCC)n1. The molecule has 0 bridgehead atoms. The fourth-order valence-electron chi connectivity index (χ4n) is 1.78. The van der Waals surface area contributed by atoms with Gasteiger partial charge in [0.25, 0.3) is 0 Å². The molecule has 0 aromatic carbocycles. The van der Waals surface area contributed by atoms with Gasteiger partial charge in [-0.15, -0.1) is 0 Å². The molecular weight excluding hydrogens is 258 g/mol. The van der Waals surface area contributed by atoms with Crippen molar-refractivity contribution in [3.8, 4) is 6.01 Å². The molecule has 0 saturated carbocycles. The monoisotopic (exact) mass is 283 g/mol. The molecule has 0 amide bonds. The molecule has 1 unspecified atom stereocenters. The molecule has 1 atom stereocenters. The van der Waals surface area contributed by atoms with Crippen molar-refractivity contribution in [2.24, 2.45) is 0 Å². The number of nitrogens with one attached hydrogen (secondary N) is 2. The average molecular weight is 283 g/mol. The Balaban J connectivity index is 2.84. The molecule has 1 aromatic rings. The van der Waals surface area contributed by atoms with E-state index in [2.05, 4.69) is 32.5 Å². The largest absolute Gasteiger partial charge is 0.464 e. The maximum atomic E-state index is 5.36. The van der Waals surface area contributed by atoms with Crippen molar-refractivity contribution >= 4 is 11.9 Å². The van der Waals surface area contributed by atoms with Gasteiger partial charge >= 0.3 is 6.01 Å². The highest BCUT2D eigenvalue weighted by Gasteiger charge is 2.12. The van der Waals surface area contributed by atoms with Gasteiger partial charge in [-0.2, -0.15) is 15.0 Å². The van der Waals surface area contributed by atoms with Crippen LogP contribution in [0.3, 0.4) is 0 Å². The Kier molecular flexibility index (Phi) is 7.64. The Morgan fingerprint density at radius 3 is 2.45 bits per heavy atom. The van der Waals surface area contributed by atoms with Crippen molar-refractivity contribution in [3.63, 3.8) is 0 Å². The molecular formula is C13H25N5O2. The zero-order chi connectivity index (χ0) is 14.8. The summed E-state index contributed by atoms with van der Waals surface area (Å²) in [6, 6.07) is 0.505. The Bertz CT molecular complexity index is 359. The molecule has 0 saturated heterocycles. The first-order valence-corrected chi connectivity index (χ1v) is 7.11. The molecule has 2 N–H and O–H groups in total. The number of aromatic nitrogens is 3. The van der Waals surface area contributed by atoms with E-state index < -0.39 is 0 Å². The number of methoxy groups -OCH3 is 1. The summed E-state index contributed by atoms with van der Waals surface area (Å²) in [5.41, 5.74) is 0. The highest BCUT2D eigenvalue weighted by atomic mass is 16.5. The predicted molar refractivity (Wildman–Crippen MR) is 79.4 cm³/mol. The summed E-state index contributed by atoms with van der Waals surface area (Å²) in [6.45, 7) is 7.89. The van der Waals surface area contributed by atoms with Gasteiger partial charge in [0.15, 0.2) is 0 Å². The van der Waals surface area contributed by atoms with Crippen LogP contribution in [0.2, 0.25) is 0 Å². The van der Waals surface area contributed by atoms with E-state index in [9.17, 15) is 0 Å². The van der Waals surface area contributed by atoms with Crippen molar-refractivity contribution in [2.45, 2.75) is 39.7 Å². The lowest BCUT2D eigenvalue weighted by atomic mass is 10.2. The Morgan fingerprint density at radius 2 is 1.85 bits per heavy atom.